The number of benzene rings is 2. The number of nitrogens with one attached hydrogen (secondary N) is 3. The smallest absolute Gasteiger partial charge is 0.251 e. The number of aromatic nitrogens is 4. The molecule has 3 aromatic heterocycles. The molecule has 0 saturated heterocycles. The Bertz CT molecular complexity index is 1480. The number of para-hydroxylation sites is 1. The highest BCUT2D eigenvalue weighted by atomic mass is 16.5. The average molecular weight is 415 g/mol. The largest absolute Gasteiger partial charge is 0.490 e. The molecule has 0 aliphatic rings. The number of rotatable bonds is 5. The van der Waals surface area contributed by atoms with Gasteiger partial charge in [-0.3, -0.25) is 14.7 Å². The van der Waals surface area contributed by atoms with Crippen LogP contribution in [0.25, 0.3) is 33.5 Å². The fourth-order valence-corrected chi connectivity index (χ4v) is 3.35. The van der Waals surface area contributed by atoms with Crippen LogP contribution in [0.3, 0.4) is 0 Å². The van der Waals surface area contributed by atoms with E-state index in [1.807, 2.05) is 24.3 Å². The van der Waals surface area contributed by atoms with Gasteiger partial charge >= 0.3 is 0 Å². The van der Waals surface area contributed by atoms with Crippen LogP contribution >= 0.6 is 0 Å². The standard InChI is InChI=1S/C22H17N5O4/c1-30-19-11-31-13(9-18(19)28)10-23-22(29)12-6-7-16-17(8-12)25-21(24-16)20-14-4-2-3-5-15(14)26-27-20/h2-9,11H,10H2,1H3,(H,23,29)(H,24,25)(H,26,27). The highest BCUT2D eigenvalue weighted by molar-refractivity contribution is 5.98. The number of imidazole rings is 1. The molecule has 0 fully saturated rings. The van der Waals surface area contributed by atoms with Crippen LogP contribution in [0.15, 0.2) is 64.0 Å². The van der Waals surface area contributed by atoms with Crippen LogP contribution in [0.2, 0.25) is 0 Å². The monoisotopic (exact) mass is 415 g/mol. The van der Waals surface area contributed by atoms with Crippen molar-refractivity contribution in [1.82, 2.24) is 25.5 Å². The molecular weight excluding hydrogens is 398 g/mol. The SMILES string of the molecule is COc1coc(CNC(=O)c2ccc3[nH]c(-c4n[nH]c5ccccc45)nc3c2)cc1=O. The van der Waals surface area contributed by atoms with Crippen LogP contribution in [0.1, 0.15) is 16.1 Å². The zero-order valence-electron chi connectivity index (χ0n) is 16.4. The summed E-state index contributed by atoms with van der Waals surface area (Å²) >= 11 is 0. The maximum Gasteiger partial charge on any atom is 0.251 e. The molecule has 2 aromatic carbocycles. The lowest BCUT2D eigenvalue weighted by Gasteiger charge is -2.05. The Kier molecular flexibility index (Phi) is 4.47. The van der Waals surface area contributed by atoms with Gasteiger partial charge in [0.2, 0.25) is 11.2 Å². The van der Waals surface area contributed by atoms with Crippen molar-refractivity contribution in [2.75, 3.05) is 7.11 Å². The van der Waals surface area contributed by atoms with E-state index in [-0.39, 0.29) is 23.6 Å². The van der Waals surface area contributed by atoms with Gasteiger partial charge < -0.3 is 19.5 Å². The molecule has 3 heterocycles. The van der Waals surface area contributed by atoms with Crippen LogP contribution in [0, 0.1) is 0 Å². The Morgan fingerprint density at radius 1 is 1.16 bits per heavy atom. The van der Waals surface area contributed by atoms with Crippen molar-refractivity contribution < 1.29 is 13.9 Å². The van der Waals surface area contributed by atoms with Gasteiger partial charge in [0.1, 0.15) is 17.7 Å². The van der Waals surface area contributed by atoms with E-state index in [9.17, 15) is 9.59 Å². The molecule has 0 atom stereocenters. The summed E-state index contributed by atoms with van der Waals surface area (Å²) in [6.07, 6.45) is 1.22. The zero-order valence-corrected chi connectivity index (χ0v) is 16.4. The molecule has 0 radical (unpaired) electrons. The number of carbonyl (C=O) groups excluding carboxylic acids is 1. The summed E-state index contributed by atoms with van der Waals surface area (Å²) in [5, 5.41) is 11.0. The van der Waals surface area contributed by atoms with Gasteiger partial charge in [-0.2, -0.15) is 5.10 Å². The van der Waals surface area contributed by atoms with Crippen LogP contribution in [-0.2, 0) is 6.54 Å². The van der Waals surface area contributed by atoms with Gasteiger partial charge in [0.25, 0.3) is 5.91 Å². The minimum atomic E-state index is -0.311. The second-order valence-electron chi connectivity index (χ2n) is 6.90. The molecule has 3 N–H and O–H groups in total. The number of fused-ring (bicyclic) bond motifs is 2. The first kappa shape index (κ1) is 18.6. The van der Waals surface area contributed by atoms with E-state index in [1.165, 1.54) is 19.4 Å². The maximum atomic E-state index is 12.6. The number of amides is 1. The van der Waals surface area contributed by atoms with Gasteiger partial charge in [-0.15, -0.1) is 0 Å². The number of ether oxygens (including phenoxy) is 1. The number of methoxy groups -OCH3 is 1. The Morgan fingerprint density at radius 3 is 2.87 bits per heavy atom. The summed E-state index contributed by atoms with van der Waals surface area (Å²) in [5.74, 6) is 0.743. The van der Waals surface area contributed by atoms with Crippen molar-refractivity contribution >= 4 is 27.8 Å². The third-order valence-electron chi connectivity index (χ3n) is 4.94. The normalized spacial score (nSPS) is 11.1. The first-order valence-corrected chi connectivity index (χ1v) is 9.49. The molecule has 5 aromatic rings. The van der Waals surface area contributed by atoms with Gasteiger partial charge in [-0.05, 0) is 24.3 Å². The van der Waals surface area contributed by atoms with Crippen LogP contribution < -0.4 is 15.5 Å². The van der Waals surface area contributed by atoms with Gasteiger partial charge in [-0.25, -0.2) is 4.98 Å². The van der Waals surface area contributed by atoms with E-state index >= 15 is 0 Å². The quantitative estimate of drug-likeness (QED) is 0.405. The summed E-state index contributed by atoms with van der Waals surface area (Å²) in [7, 11) is 1.39. The van der Waals surface area contributed by atoms with E-state index in [1.54, 1.807) is 18.2 Å². The number of hydrogen-bond donors (Lipinski definition) is 3. The zero-order chi connectivity index (χ0) is 21.4. The summed E-state index contributed by atoms with van der Waals surface area (Å²) in [6, 6.07) is 14.3. The van der Waals surface area contributed by atoms with Crippen molar-refractivity contribution in [3.8, 4) is 17.3 Å². The lowest BCUT2D eigenvalue weighted by atomic mass is 10.2. The van der Waals surface area contributed by atoms with E-state index in [0.717, 1.165) is 16.4 Å². The van der Waals surface area contributed by atoms with Crippen molar-refractivity contribution in [3.05, 3.63) is 76.3 Å². The molecule has 31 heavy (non-hydrogen) atoms. The Morgan fingerprint density at radius 2 is 2.03 bits per heavy atom. The van der Waals surface area contributed by atoms with Crippen molar-refractivity contribution in [2.45, 2.75) is 6.54 Å². The van der Waals surface area contributed by atoms with Crippen molar-refractivity contribution in [1.29, 1.82) is 0 Å². The summed E-state index contributed by atoms with van der Waals surface area (Å²) in [5.41, 5.74) is 3.20. The van der Waals surface area contributed by atoms with Gasteiger partial charge in [0.15, 0.2) is 5.82 Å². The molecule has 0 aliphatic heterocycles. The number of aromatic amines is 2. The van der Waals surface area contributed by atoms with Crippen molar-refractivity contribution in [3.63, 3.8) is 0 Å². The molecular formula is C22H17N5O4. The molecule has 0 bridgehead atoms. The Balaban J connectivity index is 1.37. The molecule has 0 unspecified atom stereocenters. The third kappa shape index (κ3) is 3.42. The molecule has 154 valence electrons. The van der Waals surface area contributed by atoms with E-state index < -0.39 is 0 Å². The molecule has 9 heteroatoms. The minimum Gasteiger partial charge on any atom is -0.490 e. The first-order valence-electron chi connectivity index (χ1n) is 9.49. The average Bonchev–Trinajstić information content (AvgIpc) is 3.40. The molecule has 9 nitrogen and oxygen atoms in total. The fraction of sp³-hybridized carbons (Fsp3) is 0.0909. The van der Waals surface area contributed by atoms with Crippen molar-refractivity contribution in [2.24, 2.45) is 0 Å². The minimum absolute atomic E-state index is 0.0706. The van der Waals surface area contributed by atoms with E-state index in [0.29, 0.717) is 28.4 Å². The molecule has 1 amide bonds. The van der Waals surface area contributed by atoms with Gasteiger partial charge in [0.05, 0.1) is 30.2 Å². The fourth-order valence-electron chi connectivity index (χ4n) is 3.35. The summed E-state index contributed by atoms with van der Waals surface area (Å²) in [6.45, 7) is 0.0706. The molecule has 0 spiro atoms. The summed E-state index contributed by atoms with van der Waals surface area (Å²) < 4.78 is 10.2. The highest BCUT2D eigenvalue weighted by Crippen LogP contribution is 2.26. The van der Waals surface area contributed by atoms with Crippen LogP contribution in [0.4, 0.5) is 0 Å². The first-order chi connectivity index (χ1) is 15.1. The van der Waals surface area contributed by atoms with E-state index in [2.05, 4.69) is 25.5 Å². The predicted molar refractivity (Wildman–Crippen MR) is 114 cm³/mol. The van der Waals surface area contributed by atoms with Gasteiger partial charge in [-0.1, -0.05) is 18.2 Å². The molecule has 5 rings (SSSR count). The van der Waals surface area contributed by atoms with Gasteiger partial charge in [0, 0.05) is 17.0 Å². The second kappa shape index (κ2) is 7.45. The highest BCUT2D eigenvalue weighted by Gasteiger charge is 2.14. The third-order valence-corrected chi connectivity index (χ3v) is 4.94. The molecule has 0 aliphatic carbocycles. The summed E-state index contributed by atoms with van der Waals surface area (Å²) in [4.78, 5) is 32.2. The lowest BCUT2D eigenvalue weighted by Crippen LogP contribution is -2.23. The second-order valence-corrected chi connectivity index (χ2v) is 6.90. The van der Waals surface area contributed by atoms with E-state index in [4.69, 9.17) is 9.15 Å². The molecule has 0 saturated carbocycles. The topological polar surface area (TPSA) is 126 Å². The van der Waals surface area contributed by atoms with Crippen LogP contribution in [-0.4, -0.2) is 33.2 Å². The predicted octanol–water partition coefficient (Wildman–Crippen LogP) is 3.00. The number of H-pyrrole nitrogens is 2. The van der Waals surface area contributed by atoms with Crippen LogP contribution in [0.5, 0.6) is 5.75 Å². The number of nitrogens with zero attached hydrogens (tertiary/aromatic N) is 2. The Hall–Kier alpha value is -4.40. The number of carbonyl (C=O) groups is 1. The Labute approximate surface area is 175 Å². The maximum absolute atomic E-state index is 12.6. The lowest BCUT2D eigenvalue weighted by molar-refractivity contribution is 0.0948. The number of hydrogen-bond acceptors (Lipinski definition) is 6.